The van der Waals surface area contributed by atoms with Gasteiger partial charge in [0.2, 0.25) is 0 Å². The Kier molecular flexibility index (Phi) is 4.86. The topological polar surface area (TPSA) is 61.2 Å². The van der Waals surface area contributed by atoms with Crippen LogP contribution in [0.2, 0.25) is 0 Å². The Morgan fingerprint density at radius 2 is 2.30 bits per heavy atom. The van der Waals surface area contributed by atoms with Crippen molar-refractivity contribution in [2.45, 2.75) is 44.2 Å². The first kappa shape index (κ1) is 15.1. The minimum absolute atomic E-state index is 0.0112. The van der Waals surface area contributed by atoms with Gasteiger partial charge >= 0.3 is 5.97 Å². The van der Waals surface area contributed by atoms with Crippen molar-refractivity contribution in [3.63, 3.8) is 0 Å². The molecular weight excluding hydrogens is 276 g/mol. The molecule has 2 rings (SSSR count). The number of nitrogens with zero attached hydrogens (tertiary/aromatic N) is 2. The lowest BCUT2D eigenvalue weighted by Crippen LogP contribution is -2.22. The number of carbonyl (C=O) groups is 1. The van der Waals surface area contributed by atoms with Crippen molar-refractivity contribution < 1.29 is 9.53 Å². The van der Waals surface area contributed by atoms with Gasteiger partial charge in [0.25, 0.3) is 5.56 Å². The molecule has 0 bridgehead atoms. The van der Waals surface area contributed by atoms with Gasteiger partial charge in [0.15, 0.2) is 5.03 Å². The first-order chi connectivity index (χ1) is 9.60. The fraction of sp³-hybridized carbons (Fsp3) is 0.643. The van der Waals surface area contributed by atoms with Crippen molar-refractivity contribution in [1.29, 1.82) is 0 Å². The van der Waals surface area contributed by atoms with Crippen molar-refractivity contribution >= 4 is 17.7 Å². The number of ether oxygens (including phenoxy) is 1. The Bertz CT molecular complexity index is 537. The lowest BCUT2D eigenvalue weighted by Gasteiger charge is -2.12. The van der Waals surface area contributed by atoms with Gasteiger partial charge in [-0.2, -0.15) is 0 Å². The molecule has 1 aliphatic carbocycles. The summed E-state index contributed by atoms with van der Waals surface area (Å²) in [5.41, 5.74) is -0.0228. The van der Waals surface area contributed by atoms with Crippen LogP contribution in [0, 0.1) is 5.41 Å². The first-order valence-corrected chi connectivity index (χ1v) is 7.84. The summed E-state index contributed by atoms with van der Waals surface area (Å²) < 4.78 is 6.41. The molecule has 0 N–H and O–H groups in total. The maximum atomic E-state index is 12.2. The molecular formula is C14H20N2O3S. The van der Waals surface area contributed by atoms with E-state index < -0.39 is 0 Å². The zero-order chi connectivity index (χ0) is 14.6. The average Bonchev–Trinajstić information content (AvgIpc) is 3.20. The molecule has 0 aliphatic heterocycles. The summed E-state index contributed by atoms with van der Waals surface area (Å²) in [6, 6.07) is 0. The van der Waals surface area contributed by atoms with Crippen LogP contribution in [-0.4, -0.2) is 28.4 Å². The molecule has 0 aromatic carbocycles. The predicted molar refractivity (Wildman–Crippen MR) is 77.8 cm³/mol. The Morgan fingerprint density at radius 1 is 1.55 bits per heavy atom. The van der Waals surface area contributed by atoms with Crippen LogP contribution < -0.4 is 5.56 Å². The van der Waals surface area contributed by atoms with E-state index in [2.05, 4.69) is 4.98 Å². The SMILES string of the molecule is CCCn1ccnc(SCC2(CC(=O)OC)CC2)c1=O. The standard InChI is InChI=1S/C14H20N2O3S/c1-3-7-16-8-6-15-12(13(16)18)20-10-14(4-5-14)9-11(17)19-2/h6,8H,3-5,7,9-10H2,1-2H3. The largest absolute Gasteiger partial charge is 0.469 e. The zero-order valence-electron chi connectivity index (χ0n) is 11.9. The molecule has 0 atom stereocenters. The maximum absolute atomic E-state index is 12.2. The van der Waals surface area contributed by atoms with Gasteiger partial charge in [-0.25, -0.2) is 4.98 Å². The molecule has 1 fully saturated rings. The van der Waals surface area contributed by atoms with Gasteiger partial charge in [-0.05, 0) is 24.7 Å². The van der Waals surface area contributed by atoms with Gasteiger partial charge in [-0.3, -0.25) is 9.59 Å². The molecule has 1 aromatic heterocycles. The van der Waals surface area contributed by atoms with E-state index in [9.17, 15) is 9.59 Å². The minimum atomic E-state index is -0.174. The highest BCUT2D eigenvalue weighted by molar-refractivity contribution is 7.99. The molecule has 0 unspecified atom stereocenters. The Labute approximate surface area is 122 Å². The molecule has 0 amide bonds. The number of aromatic nitrogens is 2. The number of rotatable bonds is 7. The van der Waals surface area contributed by atoms with Crippen LogP contribution in [0.4, 0.5) is 0 Å². The fourth-order valence-corrected chi connectivity index (χ4v) is 3.30. The summed E-state index contributed by atoms with van der Waals surface area (Å²) in [7, 11) is 1.41. The van der Waals surface area contributed by atoms with Gasteiger partial charge in [0.05, 0.1) is 13.5 Å². The highest BCUT2D eigenvalue weighted by atomic mass is 32.2. The predicted octanol–water partition coefficient (Wildman–Crippen LogP) is 2.09. The van der Waals surface area contributed by atoms with E-state index in [1.807, 2.05) is 6.92 Å². The molecule has 1 aliphatic rings. The lowest BCUT2D eigenvalue weighted by atomic mass is 10.1. The van der Waals surface area contributed by atoms with Gasteiger partial charge in [-0.1, -0.05) is 6.92 Å². The highest BCUT2D eigenvalue weighted by Crippen LogP contribution is 2.51. The summed E-state index contributed by atoms with van der Waals surface area (Å²) in [6.07, 6.45) is 6.78. The Balaban J connectivity index is 1.99. The van der Waals surface area contributed by atoms with Crippen LogP contribution in [0.5, 0.6) is 0 Å². The number of hydrogen-bond donors (Lipinski definition) is 0. The molecule has 20 heavy (non-hydrogen) atoms. The van der Waals surface area contributed by atoms with Gasteiger partial charge < -0.3 is 9.30 Å². The van der Waals surface area contributed by atoms with Crippen LogP contribution in [0.15, 0.2) is 22.2 Å². The fourth-order valence-electron chi connectivity index (χ4n) is 2.09. The summed E-state index contributed by atoms with van der Waals surface area (Å²) >= 11 is 1.46. The molecule has 1 aromatic rings. The lowest BCUT2D eigenvalue weighted by molar-refractivity contribution is -0.141. The second-order valence-electron chi connectivity index (χ2n) is 5.27. The van der Waals surface area contributed by atoms with Crippen LogP contribution in [0.1, 0.15) is 32.6 Å². The highest BCUT2D eigenvalue weighted by Gasteiger charge is 2.44. The monoisotopic (exact) mass is 296 g/mol. The smallest absolute Gasteiger partial charge is 0.306 e. The molecule has 6 heteroatoms. The second kappa shape index (κ2) is 6.43. The van der Waals surface area contributed by atoms with Gasteiger partial charge in [0, 0.05) is 24.7 Å². The van der Waals surface area contributed by atoms with E-state index in [0.717, 1.165) is 25.0 Å². The normalized spacial score (nSPS) is 15.9. The molecule has 0 radical (unpaired) electrons. The maximum Gasteiger partial charge on any atom is 0.306 e. The van der Waals surface area contributed by atoms with Crippen LogP contribution in [-0.2, 0) is 16.1 Å². The van der Waals surface area contributed by atoms with Crippen molar-refractivity contribution in [3.05, 3.63) is 22.7 Å². The third kappa shape index (κ3) is 3.62. The summed E-state index contributed by atoms with van der Waals surface area (Å²) in [5.74, 6) is 0.577. The second-order valence-corrected chi connectivity index (χ2v) is 6.24. The van der Waals surface area contributed by atoms with Crippen molar-refractivity contribution in [2.75, 3.05) is 12.9 Å². The summed E-state index contributed by atoms with van der Waals surface area (Å²) in [4.78, 5) is 27.7. The van der Waals surface area contributed by atoms with E-state index in [1.165, 1.54) is 18.9 Å². The van der Waals surface area contributed by atoms with E-state index in [1.54, 1.807) is 17.0 Å². The first-order valence-electron chi connectivity index (χ1n) is 6.85. The van der Waals surface area contributed by atoms with Crippen molar-refractivity contribution in [2.24, 2.45) is 5.41 Å². The van der Waals surface area contributed by atoms with Crippen LogP contribution in [0.3, 0.4) is 0 Å². The van der Waals surface area contributed by atoms with Crippen molar-refractivity contribution in [3.8, 4) is 0 Å². The summed E-state index contributed by atoms with van der Waals surface area (Å²) in [5, 5.41) is 0.525. The molecule has 0 spiro atoms. The number of carbonyl (C=O) groups excluding carboxylic acids is 1. The van der Waals surface area contributed by atoms with Crippen LogP contribution in [0.25, 0.3) is 0 Å². The average molecular weight is 296 g/mol. The number of hydrogen-bond acceptors (Lipinski definition) is 5. The van der Waals surface area contributed by atoms with Crippen LogP contribution >= 0.6 is 11.8 Å². The van der Waals surface area contributed by atoms with Gasteiger partial charge in [0.1, 0.15) is 0 Å². The molecule has 1 saturated carbocycles. The number of aryl methyl sites for hydroxylation is 1. The number of thioether (sulfide) groups is 1. The Morgan fingerprint density at radius 3 is 2.90 bits per heavy atom. The number of methoxy groups -OCH3 is 1. The van der Waals surface area contributed by atoms with E-state index in [-0.39, 0.29) is 16.9 Å². The summed E-state index contributed by atoms with van der Waals surface area (Å²) in [6.45, 7) is 2.75. The van der Waals surface area contributed by atoms with E-state index in [0.29, 0.717) is 18.0 Å². The molecule has 0 saturated heterocycles. The van der Waals surface area contributed by atoms with Gasteiger partial charge in [-0.15, -0.1) is 11.8 Å². The molecule has 110 valence electrons. The third-order valence-corrected chi connectivity index (χ3v) is 4.88. The minimum Gasteiger partial charge on any atom is -0.469 e. The van der Waals surface area contributed by atoms with E-state index in [4.69, 9.17) is 4.74 Å². The number of esters is 1. The Hall–Kier alpha value is -1.30. The molecule has 5 nitrogen and oxygen atoms in total. The quantitative estimate of drug-likeness (QED) is 0.569. The zero-order valence-corrected chi connectivity index (χ0v) is 12.7. The van der Waals surface area contributed by atoms with E-state index >= 15 is 0 Å². The third-order valence-electron chi connectivity index (χ3n) is 3.57. The molecule has 1 heterocycles. The van der Waals surface area contributed by atoms with Crippen molar-refractivity contribution in [1.82, 2.24) is 9.55 Å².